The van der Waals surface area contributed by atoms with Gasteiger partial charge in [-0.05, 0) is 62.1 Å². The third-order valence-electron chi connectivity index (χ3n) is 6.97. The van der Waals surface area contributed by atoms with Crippen molar-refractivity contribution in [2.45, 2.75) is 67.5 Å². The lowest BCUT2D eigenvalue weighted by Gasteiger charge is -2.40. The summed E-state index contributed by atoms with van der Waals surface area (Å²) >= 11 is 0.642. The lowest BCUT2D eigenvalue weighted by molar-refractivity contribution is 0.171. The van der Waals surface area contributed by atoms with Gasteiger partial charge in [-0.1, -0.05) is 6.07 Å². The minimum atomic E-state index is -2.23. The number of halogens is 1. The first-order chi connectivity index (χ1) is 17.7. The second-order valence-electron chi connectivity index (χ2n) is 9.19. The zero-order valence-corrected chi connectivity index (χ0v) is 19.1. The van der Waals surface area contributed by atoms with Crippen LogP contribution in [0.15, 0.2) is 41.7 Å². The number of hydrogen-bond donors (Lipinski definition) is 2. The maximum absolute atomic E-state index is 15.3. The number of phenolic OH excluding ortho intramolecular Hbond substituents is 1. The Hall–Kier alpha value is -2.85. The summed E-state index contributed by atoms with van der Waals surface area (Å²) in [5.41, 5.74) is 1.67. The maximum Gasteiger partial charge on any atom is 0.185 e. The molecule has 6 rings (SSSR count). The number of fused-ring (bicyclic) bond motifs is 2. The molecule has 0 radical (unpaired) electrons. The molecule has 1 aliphatic carbocycles. The molecule has 2 bridgehead atoms. The lowest BCUT2D eigenvalue weighted by atomic mass is 9.96. The van der Waals surface area contributed by atoms with E-state index in [4.69, 9.17) is 4.11 Å². The molecule has 2 N–H and O–H groups in total. The van der Waals surface area contributed by atoms with Crippen molar-refractivity contribution in [2.75, 3.05) is 11.1 Å². The summed E-state index contributed by atoms with van der Waals surface area (Å²) in [5, 5.41) is 30.8. The number of piperidine rings is 1. The quantitative estimate of drug-likeness (QED) is 0.510. The van der Waals surface area contributed by atoms with Crippen LogP contribution in [0.1, 0.15) is 36.2 Å². The number of aromatic nitrogens is 5. The SMILES string of the molecule is [2H]C([2H])([2H])Sc1cc(-c2ccc(-c3ncc(N(C4CC4)[C@H]4C[C@@H]5CC[C@H](N5)[C@H]4F)nn3)c(O)c2)cnn1. The number of rotatable bonds is 6. The fraction of sp³-hybridized carbons (Fsp3) is 0.458. The van der Waals surface area contributed by atoms with Crippen molar-refractivity contribution in [1.29, 1.82) is 0 Å². The number of thioether (sulfide) groups is 1. The van der Waals surface area contributed by atoms with Crippen LogP contribution in [0.25, 0.3) is 22.5 Å². The van der Waals surface area contributed by atoms with E-state index in [0.29, 0.717) is 40.3 Å². The number of phenols is 1. The molecule has 2 saturated heterocycles. The Morgan fingerprint density at radius 3 is 2.79 bits per heavy atom. The fourth-order valence-corrected chi connectivity index (χ4v) is 5.46. The molecule has 2 aliphatic heterocycles. The molecule has 0 amide bonds. The number of benzene rings is 1. The summed E-state index contributed by atoms with van der Waals surface area (Å²) in [4.78, 5) is 6.55. The highest BCUT2D eigenvalue weighted by Crippen LogP contribution is 2.40. The molecule has 1 saturated carbocycles. The van der Waals surface area contributed by atoms with Crippen molar-refractivity contribution in [3.05, 3.63) is 36.7 Å². The smallest absolute Gasteiger partial charge is 0.185 e. The summed E-state index contributed by atoms with van der Waals surface area (Å²) in [5.74, 6) is 0.780. The van der Waals surface area contributed by atoms with Crippen LogP contribution >= 0.6 is 11.8 Å². The van der Waals surface area contributed by atoms with Gasteiger partial charge in [0.2, 0.25) is 0 Å². The summed E-state index contributed by atoms with van der Waals surface area (Å²) in [6.45, 7) is 0. The minimum Gasteiger partial charge on any atom is -0.507 e. The molecular weight excluding hydrogens is 453 g/mol. The van der Waals surface area contributed by atoms with Gasteiger partial charge < -0.3 is 15.3 Å². The van der Waals surface area contributed by atoms with Gasteiger partial charge in [-0.2, -0.15) is 5.10 Å². The van der Waals surface area contributed by atoms with E-state index in [9.17, 15) is 5.11 Å². The fourth-order valence-electron chi connectivity index (χ4n) is 5.19. The number of hydrogen-bond acceptors (Lipinski definition) is 9. The van der Waals surface area contributed by atoms with E-state index in [2.05, 4.69) is 35.6 Å². The molecule has 1 aromatic carbocycles. The van der Waals surface area contributed by atoms with Gasteiger partial charge in [0.15, 0.2) is 11.6 Å². The van der Waals surface area contributed by atoms with Crippen molar-refractivity contribution < 1.29 is 13.6 Å². The van der Waals surface area contributed by atoms with Crippen LogP contribution in [0, 0.1) is 0 Å². The van der Waals surface area contributed by atoms with Crippen LogP contribution in [0.2, 0.25) is 0 Å². The Morgan fingerprint density at radius 2 is 2.03 bits per heavy atom. The molecule has 3 aromatic rings. The third kappa shape index (κ3) is 3.98. The number of nitrogens with one attached hydrogen (secondary N) is 1. The molecule has 0 unspecified atom stereocenters. The summed E-state index contributed by atoms with van der Waals surface area (Å²) in [6.07, 6.45) is 4.57. The van der Waals surface area contributed by atoms with Crippen LogP contribution in [-0.4, -0.2) is 67.0 Å². The first-order valence-corrected chi connectivity index (χ1v) is 12.3. The number of alkyl halides is 1. The Kier molecular flexibility index (Phi) is 4.75. The van der Waals surface area contributed by atoms with E-state index in [1.54, 1.807) is 30.5 Å². The number of nitrogens with zero attached hydrogens (tertiary/aromatic N) is 6. The summed E-state index contributed by atoms with van der Waals surface area (Å²) < 4.78 is 37.5. The average molecular weight is 483 g/mol. The highest BCUT2D eigenvalue weighted by Gasteiger charge is 2.48. The van der Waals surface area contributed by atoms with Crippen molar-refractivity contribution in [1.82, 2.24) is 30.7 Å². The van der Waals surface area contributed by atoms with Gasteiger partial charge in [0.1, 0.15) is 16.9 Å². The monoisotopic (exact) mass is 482 g/mol. The Bertz CT molecular complexity index is 1290. The molecule has 34 heavy (non-hydrogen) atoms. The van der Waals surface area contributed by atoms with E-state index in [-0.39, 0.29) is 34.7 Å². The summed E-state index contributed by atoms with van der Waals surface area (Å²) in [7, 11) is 0. The molecule has 3 fully saturated rings. The van der Waals surface area contributed by atoms with Crippen molar-refractivity contribution in [3.63, 3.8) is 0 Å². The highest BCUT2D eigenvalue weighted by atomic mass is 32.2. The molecule has 4 heterocycles. The summed E-state index contributed by atoms with van der Waals surface area (Å²) in [6, 6.07) is 6.88. The zero-order valence-electron chi connectivity index (χ0n) is 21.3. The number of anilines is 1. The van der Waals surface area contributed by atoms with E-state index < -0.39 is 12.4 Å². The molecule has 10 heteroatoms. The van der Waals surface area contributed by atoms with E-state index in [0.717, 1.165) is 32.1 Å². The number of aromatic hydroxyl groups is 1. The Balaban J connectivity index is 1.23. The highest BCUT2D eigenvalue weighted by molar-refractivity contribution is 7.98. The minimum absolute atomic E-state index is 0.0494. The maximum atomic E-state index is 15.3. The van der Waals surface area contributed by atoms with Gasteiger partial charge in [0.05, 0.1) is 24.0 Å². The van der Waals surface area contributed by atoms with Gasteiger partial charge in [-0.3, -0.25) is 0 Å². The zero-order chi connectivity index (χ0) is 25.7. The van der Waals surface area contributed by atoms with Gasteiger partial charge in [0.25, 0.3) is 0 Å². The lowest BCUT2D eigenvalue weighted by Crippen LogP contribution is -2.57. The molecule has 3 aliphatic rings. The normalized spacial score (nSPS) is 27.6. The van der Waals surface area contributed by atoms with Crippen LogP contribution in [0.4, 0.5) is 10.2 Å². The average Bonchev–Trinajstić information content (AvgIpc) is 3.61. The first-order valence-electron chi connectivity index (χ1n) is 13.0. The molecule has 8 nitrogen and oxygen atoms in total. The molecular formula is C24H26FN7OS. The molecule has 176 valence electrons. The molecule has 2 aromatic heterocycles. The van der Waals surface area contributed by atoms with E-state index >= 15 is 4.39 Å². The van der Waals surface area contributed by atoms with Crippen molar-refractivity contribution >= 4 is 17.6 Å². The topological polar surface area (TPSA) is 100.0 Å². The van der Waals surface area contributed by atoms with Crippen molar-refractivity contribution in [2.24, 2.45) is 0 Å². The second kappa shape index (κ2) is 8.74. The Labute approximate surface area is 205 Å². The van der Waals surface area contributed by atoms with E-state index in [1.807, 2.05) is 0 Å². The Morgan fingerprint density at radius 1 is 1.12 bits per heavy atom. The molecule has 4 atom stereocenters. The molecule has 0 spiro atoms. The third-order valence-corrected chi connectivity index (χ3v) is 7.38. The standard InChI is InChI=1S/C24H26FN7OS/c1-34-22-9-14(11-27-30-22)13-2-6-17(20(33)8-13)24-26-12-21(29-31-24)32(16-4-5-16)19-10-15-3-7-18(28-15)23(19)25/h2,6,8-9,11-12,15-16,18-19,23,28,33H,3-5,7,10H2,1H3/t15-,18-,19-,23+/m0/s1/i1D3. The van der Waals surface area contributed by atoms with E-state index in [1.165, 1.54) is 6.20 Å². The van der Waals surface area contributed by atoms with Crippen LogP contribution in [-0.2, 0) is 0 Å². The van der Waals surface area contributed by atoms with Crippen LogP contribution in [0.5, 0.6) is 5.75 Å². The van der Waals surface area contributed by atoms with Crippen molar-refractivity contribution in [3.8, 4) is 28.3 Å². The van der Waals surface area contributed by atoms with Gasteiger partial charge in [-0.15, -0.1) is 27.1 Å². The van der Waals surface area contributed by atoms with Gasteiger partial charge >= 0.3 is 0 Å². The van der Waals surface area contributed by atoms with Gasteiger partial charge in [-0.25, -0.2) is 9.37 Å². The van der Waals surface area contributed by atoms with Crippen LogP contribution < -0.4 is 10.2 Å². The largest absolute Gasteiger partial charge is 0.507 e. The van der Waals surface area contributed by atoms with Gasteiger partial charge in [0, 0.05) is 27.8 Å². The predicted octanol–water partition coefficient (Wildman–Crippen LogP) is 3.62. The van der Waals surface area contributed by atoms with Crippen LogP contribution in [0.3, 0.4) is 0 Å². The predicted molar refractivity (Wildman–Crippen MR) is 128 cm³/mol. The second-order valence-corrected chi connectivity index (χ2v) is 9.81. The first kappa shape index (κ1) is 18.5.